The Labute approximate surface area is 306 Å². The molecule has 4 aromatic heterocycles. The van der Waals surface area contributed by atoms with E-state index in [1.165, 1.54) is 0 Å². The predicted molar refractivity (Wildman–Crippen MR) is 198 cm³/mol. The van der Waals surface area contributed by atoms with Crippen LogP contribution >= 0.6 is 0 Å². The van der Waals surface area contributed by atoms with Gasteiger partial charge in [0.25, 0.3) is 0 Å². The topological polar surface area (TPSA) is 56.7 Å². The zero-order valence-corrected chi connectivity index (χ0v) is 29.9. The van der Waals surface area contributed by atoms with Gasteiger partial charge in [-0.05, 0) is 53.0 Å². The van der Waals surface area contributed by atoms with Crippen molar-refractivity contribution in [2.75, 3.05) is 0 Å². The Morgan fingerprint density at radius 3 is 2.24 bits per heavy atom. The normalized spacial score (nSPS) is 11.5. The average Bonchev–Trinajstić information content (AvgIpc) is 3.74. The van der Waals surface area contributed by atoms with Crippen molar-refractivity contribution in [3.8, 4) is 39.5 Å². The molecule has 0 saturated heterocycles. The number of aromatic nitrogens is 4. The number of nitrogens with zero attached hydrogens (tertiary/aromatic N) is 4. The Morgan fingerprint density at radius 1 is 0.720 bits per heavy atom. The Kier molecular flexibility index (Phi) is 9.11. The van der Waals surface area contributed by atoms with Crippen LogP contribution in [0.1, 0.15) is 26.7 Å². The molecule has 5 aromatic carbocycles. The smallest absolute Gasteiger partial charge is 0.155 e. The molecule has 0 spiro atoms. The molecule has 0 aliphatic rings. The Bertz CT molecular complexity index is 2530. The summed E-state index contributed by atoms with van der Waals surface area (Å²) in [6, 6.07) is 52.6. The molecule has 5 nitrogen and oxygen atoms in total. The van der Waals surface area contributed by atoms with Gasteiger partial charge in [-0.15, -0.1) is 54.1 Å². The number of hydrogen-bond donors (Lipinski definition) is 0. The molecule has 0 aliphatic heterocycles. The van der Waals surface area contributed by atoms with Crippen molar-refractivity contribution in [2.24, 2.45) is 0 Å². The number of benzene rings is 5. The molecule has 0 saturated carbocycles. The number of hydrogen-bond acceptors (Lipinski definition) is 4. The summed E-state index contributed by atoms with van der Waals surface area (Å²) in [7, 11) is 0. The molecule has 0 aliphatic carbocycles. The molecule has 0 fully saturated rings. The quantitative estimate of drug-likeness (QED) is 0.162. The molecule has 0 unspecified atom stereocenters. The maximum absolute atomic E-state index is 8.46. The van der Waals surface area contributed by atoms with Crippen LogP contribution in [-0.4, -0.2) is 19.5 Å². The summed E-state index contributed by atoms with van der Waals surface area (Å²) in [6.45, 7) is 3.77. The van der Waals surface area contributed by atoms with Crippen molar-refractivity contribution in [3.63, 3.8) is 0 Å². The number of para-hydroxylation sites is 1. The van der Waals surface area contributed by atoms with E-state index in [2.05, 4.69) is 52.0 Å². The SMILES string of the molecule is [2H]C(C)(C)c1ccc2c(c1)oc1c(-c3nc4cc(-c5ccccc5)cnc4n3-c3ccccc3)[c-]ccc12.[Ir].[c-]1ccccc1-c1ccccn1. The summed E-state index contributed by atoms with van der Waals surface area (Å²) >= 11 is 0. The minimum Gasteiger partial charge on any atom is -0.501 e. The van der Waals surface area contributed by atoms with Gasteiger partial charge in [-0.3, -0.25) is 4.98 Å². The summed E-state index contributed by atoms with van der Waals surface area (Å²) in [5.74, 6) is 0.000506. The Balaban J connectivity index is 0.000000265. The van der Waals surface area contributed by atoms with Gasteiger partial charge in [-0.2, -0.15) is 0 Å². The second kappa shape index (κ2) is 14.4. The number of pyridine rings is 2. The minimum atomic E-state index is -0.717. The monoisotopic (exact) mass is 826 g/mol. The third kappa shape index (κ3) is 6.39. The molecule has 1 radical (unpaired) electrons. The van der Waals surface area contributed by atoms with Crippen LogP contribution in [0.4, 0.5) is 0 Å². The molecule has 9 aromatic rings. The number of rotatable bonds is 5. The first-order valence-corrected chi connectivity index (χ1v) is 16.2. The summed E-state index contributed by atoms with van der Waals surface area (Å²) in [6.07, 6.45) is 3.69. The van der Waals surface area contributed by atoms with E-state index >= 15 is 0 Å². The van der Waals surface area contributed by atoms with Crippen molar-refractivity contribution in [1.82, 2.24) is 19.5 Å². The number of fused-ring (bicyclic) bond motifs is 4. The van der Waals surface area contributed by atoms with Crippen molar-refractivity contribution in [2.45, 2.75) is 19.7 Å². The van der Waals surface area contributed by atoms with E-state index in [1.54, 1.807) is 6.20 Å². The van der Waals surface area contributed by atoms with Crippen molar-refractivity contribution in [1.29, 1.82) is 0 Å². The average molecular weight is 826 g/mol. The molecule has 4 heterocycles. The van der Waals surface area contributed by atoms with Crippen LogP contribution in [0.5, 0.6) is 0 Å². The van der Waals surface area contributed by atoms with Crippen LogP contribution in [-0.2, 0) is 20.1 Å². The van der Waals surface area contributed by atoms with Gasteiger partial charge in [0.15, 0.2) is 5.65 Å². The van der Waals surface area contributed by atoms with Gasteiger partial charge in [0, 0.05) is 50.5 Å². The maximum atomic E-state index is 8.46. The van der Waals surface area contributed by atoms with E-state index in [4.69, 9.17) is 15.8 Å². The fraction of sp³-hybridized carbons (Fsp3) is 0.0682. The van der Waals surface area contributed by atoms with Gasteiger partial charge in [-0.1, -0.05) is 97.6 Å². The van der Waals surface area contributed by atoms with Crippen LogP contribution in [0.3, 0.4) is 0 Å². The summed E-state index contributed by atoms with van der Waals surface area (Å²) in [5.41, 5.74) is 9.80. The first-order chi connectivity index (χ1) is 24.4. The second-order valence-corrected chi connectivity index (χ2v) is 11.9. The van der Waals surface area contributed by atoms with Gasteiger partial charge in [0.1, 0.15) is 5.58 Å². The van der Waals surface area contributed by atoms with E-state index < -0.39 is 5.89 Å². The number of imidazole rings is 1. The van der Waals surface area contributed by atoms with Crippen molar-refractivity contribution < 1.29 is 25.9 Å². The molecule has 50 heavy (non-hydrogen) atoms. The summed E-state index contributed by atoms with van der Waals surface area (Å²) < 4.78 is 17.0. The van der Waals surface area contributed by atoms with Crippen molar-refractivity contribution in [3.05, 3.63) is 170 Å². The van der Waals surface area contributed by atoms with Gasteiger partial charge in [-0.25, -0.2) is 4.98 Å². The third-order valence-corrected chi connectivity index (χ3v) is 8.50. The Hall–Kier alpha value is -5.68. The molecule has 0 N–H and O–H groups in total. The van der Waals surface area contributed by atoms with Gasteiger partial charge in [0.05, 0.1) is 16.9 Å². The molecular formula is C44H32IrN4O-2. The van der Waals surface area contributed by atoms with Gasteiger partial charge < -0.3 is 14.0 Å². The van der Waals surface area contributed by atoms with Crippen LogP contribution in [0.15, 0.2) is 156 Å². The van der Waals surface area contributed by atoms with E-state index in [0.29, 0.717) is 0 Å². The van der Waals surface area contributed by atoms with E-state index in [-0.39, 0.29) is 20.1 Å². The van der Waals surface area contributed by atoms with Crippen LogP contribution in [0.2, 0.25) is 0 Å². The molecule has 0 bridgehead atoms. The summed E-state index contributed by atoms with van der Waals surface area (Å²) in [4.78, 5) is 14.2. The van der Waals surface area contributed by atoms with E-state index in [1.807, 2.05) is 129 Å². The maximum Gasteiger partial charge on any atom is 0.155 e. The first kappa shape index (κ1) is 31.6. The van der Waals surface area contributed by atoms with Crippen LogP contribution < -0.4 is 0 Å². The zero-order chi connectivity index (χ0) is 34.1. The largest absolute Gasteiger partial charge is 0.501 e. The predicted octanol–water partition coefficient (Wildman–Crippen LogP) is 11.1. The molecule has 0 amide bonds. The van der Waals surface area contributed by atoms with Gasteiger partial charge >= 0.3 is 0 Å². The van der Waals surface area contributed by atoms with Gasteiger partial charge in [0.2, 0.25) is 0 Å². The standard InChI is InChI=1S/C33H24N3O.C11H8N.Ir/c1-21(2)23-16-17-26-27-14-9-15-28(31(27)37-30(26)19-23)32-35-29-18-24(22-10-5-3-6-11-22)20-34-33(29)36(32)25-12-7-4-8-13-25;1-2-6-10(7-3-1)11-8-4-5-9-12-11;/h3-14,16-21H,1-2H3;1-6,8-9H;/q2*-1;/i21D;;. The van der Waals surface area contributed by atoms with Crippen molar-refractivity contribution >= 4 is 33.1 Å². The van der Waals surface area contributed by atoms with E-state index in [0.717, 1.165) is 78.1 Å². The zero-order valence-electron chi connectivity index (χ0n) is 28.5. The van der Waals surface area contributed by atoms with E-state index in [9.17, 15) is 0 Å². The fourth-order valence-electron chi connectivity index (χ4n) is 6.04. The molecule has 9 rings (SSSR count). The minimum absolute atomic E-state index is 0. The van der Waals surface area contributed by atoms with Crippen LogP contribution in [0, 0.1) is 12.1 Å². The second-order valence-electron chi connectivity index (χ2n) is 11.9. The number of furan rings is 1. The molecule has 0 atom stereocenters. The fourth-order valence-corrected chi connectivity index (χ4v) is 6.04. The molecular weight excluding hydrogens is 793 g/mol. The molecule has 245 valence electrons. The molecule has 6 heteroatoms. The summed E-state index contributed by atoms with van der Waals surface area (Å²) in [5, 5.41) is 2.00. The third-order valence-electron chi connectivity index (χ3n) is 8.50. The first-order valence-electron chi connectivity index (χ1n) is 16.7. The van der Waals surface area contributed by atoms with Crippen LogP contribution in [0.25, 0.3) is 72.6 Å². The Morgan fingerprint density at radius 2 is 1.50 bits per heavy atom.